The zero-order valence-electron chi connectivity index (χ0n) is 12.2. The van der Waals surface area contributed by atoms with E-state index in [0.717, 1.165) is 42.5 Å². The lowest BCUT2D eigenvalue weighted by molar-refractivity contribution is 0.597. The minimum atomic E-state index is -3.58. The lowest BCUT2D eigenvalue weighted by Crippen LogP contribution is -2.13. The predicted octanol–water partition coefficient (Wildman–Crippen LogP) is 3.78. The molecule has 1 aromatic heterocycles. The molecule has 0 unspecified atom stereocenters. The zero-order valence-corrected chi connectivity index (χ0v) is 13.8. The van der Waals surface area contributed by atoms with Crippen LogP contribution in [0.3, 0.4) is 0 Å². The highest BCUT2D eigenvalue weighted by Gasteiger charge is 2.22. The van der Waals surface area contributed by atoms with Crippen molar-refractivity contribution >= 4 is 21.4 Å². The highest BCUT2D eigenvalue weighted by atomic mass is 32.2. The topological polar surface area (TPSA) is 60.2 Å². The van der Waals surface area contributed by atoms with Gasteiger partial charge in [0.15, 0.2) is 0 Å². The molecule has 0 aliphatic heterocycles. The van der Waals surface area contributed by atoms with Crippen LogP contribution in [0.2, 0.25) is 0 Å². The molecule has 0 amide bonds. The Hall–Kier alpha value is -0.390. The SMILES string of the molecule is CCCCCCc1c(S(N)(=O)=O)sc(C)c1CCC. The number of hydrogen-bond acceptors (Lipinski definition) is 3. The summed E-state index contributed by atoms with van der Waals surface area (Å²) in [6, 6.07) is 0. The summed E-state index contributed by atoms with van der Waals surface area (Å²) < 4.78 is 23.8. The smallest absolute Gasteiger partial charge is 0.224 e. The molecule has 0 spiro atoms. The van der Waals surface area contributed by atoms with Gasteiger partial charge in [-0.05, 0) is 37.3 Å². The number of sulfonamides is 1. The van der Waals surface area contributed by atoms with E-state index in [2.05, 4.69) is 13.8 Å². The summed E-state index contributed by atoms with van der Waals surface area (Å²) in [6.07, 6.45) is 7.41. The molecule has 3 nitrogen and oxygen atoms in total. The van der Waals surface area contributed by atoms with Crippen LogP contribution in [0.15, 0.2) is 4.21 Å². The van der Waals surface area contributed by atoms with Crippen molar-refractivity contribution < 1.29 is 8.42 Å². The first-order valence-electron chi connectivity index (χ1n) is 7.05. The van der Waals surface area contributed by atoms with Crippen molar-refractivity contribution in [2.75, 3.05) is 0 Å². The van der Waals surface area contributed by atoms with Gasteiger partial charge in [0, 0.05) is 4.88 Å². The Bertz CT molecular complexity index is 504. The molecule has 0 saturated heterocycles. The zero-order chi connectivity index (χ0) is 14.5. The third-order valence-corrected chi connectivity index (χ3v) is 6.01. The molecule has 0 saturated carbocycles. The molecule has 0 radical (unpaired) electrons. The molecule has 0 bridgehead atoms. The maximum absolute atomic E-state index is 11.7. The van der Waals surface area contributed by atoms with Crippen LogP contribution in [-0.2, 0) is 22.9 Å². The summed E-state index contributed by atoms with van der Waals surface area (Å²) in [5.74, 6) is 0. The van der Waals surface area contributed by atoms with Gasteiger partial charge in [-0.3, -0.25) is 0 Å². The number of aryl methyl sites for hydroxylation is 1. The van der Waals surface area contributed by atoms with Crippen LogP contribution >= 0.6 is 11.3 Å². The van der Waals surface area contributed by atoms with Crippen molar-refractivity contribution in [2.45, 2.75) is 69.9 Å². The number of primary sulfonamides is 1. The number of thiophene rings is 1. The van der Waals surface area contributed by atoms with E-state index in [1.165, 1.54) is 29.7 Å². The Morgan fingerprint density at radius 1 is 1.00 bits per heavy atom. The molecular formula is C14H25NO2S2. The van der Waals surface area contributed by atoms with Gasteiger partial charge in [-0.1, -0.05) is 39.5 Å². The van der Waals surface area contributed by atoms with Gasteiger partial charge in [0.2, 0.25) is 10.0 Å². The van der Waals surface area contributed by atoms with Crippen molar-refractivity contribution in [3.05, 3.63) is 16.0 Å². The number of rotatable bonds is 8. The van der Waals surface area contributed by atoms with Crippen molar-refractivity contribution in [1.82, 2.24) is 0 Å². The van der Waals surface area contributed by atoms with Crippen molar-refractivity contribution in [3.8, 4) is 0 Å². The molecule has 0 aliphatic rings. The van der Waals surface area contributed by atoms with Gasteiger partial charge in [-0.15, -0.1) is 11.3 Å². The van der Waals surface area contributed by atoms with Crippen LogP contribution in [0.4, 0.5) is 0 Å². The Morgan fingerprint density at radius 3 is 2.21 bits per heavy atom. The summed E-state index contributed by atoms with van der Waals surface area (Å²) >= 11 is 1.34. The number of nitrogens with two attached hydrogens (primary N) is 1. The molecule has 110 valence electrons. The fraction of sp³-hybridized carbons (Fsp3) is 0.714. The second kappa shape index (κ2) is 7.41. The van der Waals surface area contributed by atoms with E-state index in [4.69, 9.17) is 5.14 Å². The molecule has 19 heavy (non-hydrogen) atoms. The summed E-state index contributed by atoms with van der Waals surface area (Å²) in [6.45, 7) is 6.29. The largest absolute Gasteiger partial charge is 0.247 e. The Kier molecular flexibility index (Phi) is 6.50. The number of hydrogen-bond donors (Lipinski definition) is 1. The molecule has 2 N–H and O–H groups in total. The van der Waals surface area contributed by atoms with Crippen LogP contribution in [0.1, 0.15) is 62.0 Å². The Labute approximate surface area is 121 Å². The van der Waals surface area contributed by atoms with Gasteiger partial charge in [-0.25, -0.2) is 13.6 Å². The molecule has 5 heteroatoms. The standard InChI is InChI=1S/C14H25NO2S2/c1-4-6-7-8-10-13-12(9-5-2)11(3)18-14(13)19(15,16)17/h4-10H2,1-3H3,(H2,15,16,17). The van der Waals surface area contributed by atoms with E-state index >= 15 is 0 Å². The van der Waals surface area contributed by atoms with Crippen LogP contribution in [0.25, 0.3) is 0 Å². The molecule has 0 fully saturated rings. The first-order valence-corrected chi connectivity index (χ1v) is 9.42. The second-order valence-electron chi connectivity index (χ2n) is 5.01. The summed E-state index contributed by atoms with van der Waals surface area (Å²) in [5, 5.41) is 5.35. The van der Waals surface area contributed by atoms with Gasteiger partial charge < -0.3 is 0 Å². The van der Waals surface area contributed by atoms with Crippen LogP contribution in [0.5, 0.6) is 0 Å². The summed E-state index contributed by atoms with van der Waals surface area (Å²) in [5.41, 5.74) is 2.20. The Balaban J connectivity index is 3.02. The minimum absolute atomic E-state index is 0.393. The second-order valence-corrected chi connectivity index (χ2v) is 7.99. The van der Waals surface area contributed by atoms with E-state index in [0.29, 0.717) is 4.21 Å². The predicted molar refractivity (Wildman–Crippen MR) is 82.3 cm³/mol. The first-order chi connectivity index (χ1) is 8.91. The van der Waals surface area contributed by atoms with Gasteiger partial charge in [-0.2, -0.15) is 0 Å². The third-order valence-electron chi connectivity index (χ3n) is 3.32. The molecule has 1 aromatic rings. The van der Waals surface area contributed by atoms with Gasteiger partial charge in [0.1, 0.15) is 4.21 Å². The fourth-order valence-corrected chi connectivity index (χ4v) is 4.77. The number of unbranched alkanes of at least 4 members (excludes halogenated alkanes) is 3. The van der Waals surface area contributed by atoms with Gasteiger partial charge in [0.05, 0.1) is 0 Å². The molecule has 1 heterocycles. The van der Waals surface area contributed by atoms with Crippen molar-refractivity contribution in [1.29, 1.82) is 0 Å². The highest BCUT2D eigenvalue weighted by molar-refractivity contribution is 7.91. The van der Waals surface area contributed by atoms with Gasteiger partial charge in [0.25, 0.3) is 0 Å². The normalized spacial score (nSPS) is 12.0. The molecule has 1 rings (SSSR count). The van der Waals surface area contributed by atoms with Crippen LogP contribution in [-0.4, -0.2) is 8.42 Å². The van der Waals surface area contributed by atoms with Crippen molar-refractivity contribution in [3.63, 3.8) is 0 Å². The quantitative estimate of drug-likeness (QED) is 0.743. The lowest BCUT2D eigenvalue weighted by atomic mass is 10.0. The third kappa shape index (κ3) is 4.58. The molecular weight excluding hydrogens is 278 g/mol. The fourth-order valence-electron chi connectivity index (χ4n) is 2.39. The van der Waals surface area contributed by atoms with E-state index in [-0.39, 0.29) is 0 Å². The van der Waals surface area contributed by atoms with Crippen molar-refractivity contribution in [2.24, 2.45) is 5.14 Å². The van der Waals surface area contributed by atoms with E-state index in [1.54, 1.807) is 0 Å². The van der Waals surface area contributed by atoms with Crippen LogP contribution < -0.4 is 5.14 Å². The van der Waals surface area contributed by atoms with Gasteiger partial charge >= 0.3 is 0 Å². The summed E-state index contributed by atoms with van der Waals surface area (Å²) in [4.78, 5) is 1.11. The average molecular weight is 303 g/mol. The lowest BCUT2D eigenvalue weighted by Gasteiger charge is -2.06. The average Bonchev–Trinajstić information content (AvgIpc) is 2.63. The molecule has 0 atom stereocenters. The van der Waals surface area contributed by atoms with E-state index in [9.17, 15) is 8.42 Å². The minimum Gasteiger partial charge on any atom is -0.224 e. The highest BCUT2D eigenvalue weighted by Crippen LogP contribution is 2.33. The maximum Gasteiger partial charge on any atom is 0.247 e. The monoisotopic (exact) mass is 303 g/mol. The summed E-state index contributed by atoms with van der Waals surface area (Å²) in [7, 11) is -3.58. The molecule has 0 aromatic carbocycles. The maximum atomic E-state index is 11.7. The van der Waals surface area contributed by atoms with E-state index < -0.39 is 10.0 Å². The molecule has 0 aliphatic carbocycles. The van der Waals surface area contributed by atoms with E-state index in [1.807, 2.05) is 6.92 Å². The van der Waals surface area contributed by atoms with Crippen LogP contribution in [0, 0.1) is 6.92 Å². The first kappa shape index (κ1) is 16.7. The Morgan fingerprint density at radius 2 is 1.68 bits per heavy atom.